The average Bonchev–Trinajstić information content (AvgIpc) is 2.68. The molecule has 28 heavy (non-hydrogen) atoms. The van der Waals surface area contributed by atoms with Gasteiger partial charge in [-0.25, -0.2) is 0 Å². The normalized spacial score (nSPS) is 18.2. The highest BCUT2D eigenvalue weighted by Gasteiger charge is 2.31. The van der Waals surface area contributed by atoms with Gasteiger partial charge in [-0.1, -0.05) is 23.8 Å². The standard InChI is InChI=1S/C21H21N3O3S/c1-12-3-6-15(7-4-12)23-20(25)18-13(2)22-21(28)24-19(18)14-5-8-16-17(11-14)27-10-9-26-16/h3-8,11,19H,9-10H2,1-2H3,(H,23,25)(H2,22,24,28)/t19-/m1/s1. The van der Waals surface area contributed by atoms with Crippen LogP contribution in [0.1, 0.15) is 24.1 Å². The molecule has 2 aliphatic heterocycles. The number of fused-ring (bicyclic) bond motifs is 1. The van der Waals surface area contributed by atoms with Crippen molar-refractivity contribution in [3.05, 3.63) is 64.9 Å². The molecule has 0 spiro atoms. The Kier molecular flexibility index (Phi) is 4.92. The second-order valence-electron chi connectivity index (χ2n) is 6.79. The van der Waals surface area contributed by atoms with Gasteiger partial charge in [0.1, 0.15) is 13.2 Å². The van der Waals surface area contributed by atoms with Crippen LogP contribution in [0.4, 0.5) is 5.69 Å². The second kappa shape index (κ2) is 7.52. The lowest BCUT2D eigenvalue weighted by atomic mass is 9.94. The first-order valence-corrected chi connectivity index (χ1v) is 9.48. The number of allylic oxidation sites excluding steroid dienone is 1. The monoisotopic (exact) mass is 395 g/mol. The van der Waals surface area contributed by atoms with Crippen molar-refractivity contribution < 1.29 is 14.3 Å². The zero-order valence-electron chi connectivity index (χ0n) is 15.7. The molecule has 6 nitrogen and oxygen atoms in total. The summed E-state index contributed by atoms with van der Waals surface area (Å²) in [5.41, 5.74) is 4.04. The maximum absolute atomic E-state index is 13.1. The number of aryl methyl sites for hydroxylation is 1. The van der Waals surface area contributed by atoms with Gasteiger partial charge in [0.2, 0.25) is 0 Å². The molecule has 0 unspecified atom stereocenters. The Balaban J connectivity index is 1.66. The number of amides is 1. The lowest BCUT2D eigenvalue weighted by Crippen LogP contribution is -2.45. The molecule has 2 aliphatic rings. The van der Waals surface area contributed by atoms with Crippen molar-refractivity contribution in [1.82, 2.24) is 10.6 Å². The van der Waals surface area contributed by atoms with Crippen molar-refractivity contribution >= 4 is 28.9 Å². The molecular formula is C21H21N3O3S. The highest BCUT2D eigenvalue weighted by molar-refractivity contribution is 7.80. The number of hydrogen-bond donors (Lipinski definition) is 3. The van der Waals surface area contributed by atoms with Gasteiger partial charge in [-0.3, -0.25) is 4.79 Å². The second-order valence-corrected chi connectivity index (χ2v) is 7.20. The molecule has 0 fully saturated rings. The van der Waals surface area contributed by atoms with E-state index in [0.717, 1.165) is 16.8 Å². The predicted octanol–water partition coefficient (Wildman–Crippen LogP) is 3.20. The molecule has 7 heteroatoms. The molecule has 2 heterocycles. The van der Waals surface area contributed by atoms with Crippen LogP contribution in [-0.4, -0.2) is 24.2 Å². The molecule has 0 radical (unpaired) electrons. The largest absolute Gasteiger partial charge is 0.486 e. The zero-order chi connectivity index (χ0) is 19.7. The van der Waals surface area contributed by atoms with Crippen molar-refractivity contribution in [1.29, 1.82) is 0 Å². The molecular weight excluding hydrogens is 374 g/mol. The first-order valence-electron chi connectivity index (χ1n) is 9.07. The fourth-order valence-electron chi connectivity index (χ4n) is 3.32. The van der Waals surface area contributed by atoms with Crippen LogP contribution in [0.3, 0.4) is 0 Å². The molecule has 2 aromatic carbocycles. The van der Waals surface area contributed by atoms with E-state index in [0.29, 0.717) is 41.1 Å². The van der Waals surface area contributed by atoms with Gasteiger partial charge >= 0.3 is 0 Å². The molecule has 144 valence electrons. The summed E-state index contributed by atoms with van der Waals surface area (Å²) in [4.78, 5) is 13.1. The summed E-state index contributed by atoms with van der Waals surface area (Å²) in [5.74, 6) is 1.19. The molecule has 0 aromatic heterocycles. The Morgan fingerprint density at radius 3 is 2.54 bits per heavy atom. The smallest absolute Gasteiger partial charge is 0.255 e. The molecule has 0 bridgehead atoms. The molecule has 1 atom stereocenters. The Labute approximate surface area is 168 Å². The maximum atomic E-state index is 13.1. The van der Waals surface area contributed by atoms with Crippen LogP contribution in [-0.2, 0) is 4.79 Å². The van der Waals surface area contributed by atoms with E-state index in [1.165, 1.54) is 0 Å². The van der Waals surface area contributed by atoms with Crippen molar-refractivity contribution in [3.63, 3.8) is 0 Å². The minimum atomic E-state index is -0.393. The fraction of sp³-hybridized carbons (Fsp3) is 0.238. The zero-order valence-corrected chi connectivity index (χ0v) is 16.5. The van der Waals surface area contributed by atoms with E-state index in [1.54, 1.807) is 0 Å². The quantitative estimate of drug-likeness (QED) is 0.694. The highest BCUT2D eigenvalue weighted by atomic mass is 32.1. The van der Waals surface area contributed by atoms with Crippen LogP contribution in [0, 0.1) is 6.92 Å². The summed E-state index contributed by atoms with van der Waals surface area (Å²) < 4.78 is 11.3. The van der Waals surface area contributed by atoms with Crippen molar-refractivity contribution in [2.45, 2.75) is 19.9 Å². The van der Waals surface area contributed by atoms with Gasteiger partial charge in [-0.2, -0.15) is 0 Å². The first kappa shape index (κ1) is 18.3. The number of ether oxygens (including phenoxy) is 2. The van der Waals surface area contributed by atoms with Gasteiger partial charge < -0.3 is 25.4 Å². The van der Waals surface area contributed by atoms with E-state index >= 15 is 0 Å². The SMILES string of the molecule is CC1=C(C(=O)Nc2ccc(C)cc2)[C@@H](c2ccc3c(c2)OCCO3)NC(=S)N1. The summed E-state index contributed by atoms with van der Waals surface area (Å²) in [5, 5.41) is 9.70. The van der Waals surface area contributed by atoms with Gasteiger partial charge in [-0.05, 0) is 55.9 Å². The van der Waals surface area contributed by atoms with E-state index in [4.69, 9.17) is 21.7 Å². The highest BCUT2D eigenvalue weighted by Crippen LogP contribution is 2.36. The topological polar surface area (TPSA) is 71.6 Å². The van der Waals surface area contributed by atoms with Crippen LogP contribution >= 0.6 is 12.2 Å². The maximum Gasteiger partial charge on any atom is 0.255 e. The van der Waals surface area contributed by atoms with Crippen LogP contribution in [0.25, 0.3) is 0 Å². The van der Waals surface area contributed by atoms with E-state index in [-0.39, 0.29) is 5.91 Å². The number of benzene rings is 2. The minimum Gasteiger partial charge on any atom is -0.486 e. The van der Waals surface area contributed by atoms with Crippen LogP contribution < -0.4 is 25.4 Å². The van der Waals surface area contributed by atoms with E-state index in [1.807, 2.05) is 56.3 Å². The third kappa shape index (κ3) is 3.66. The van der Waals surface area contributed by atoms with Gasteiger partial charge in [0.15, 0.2) is 16.6 Å². The lowest BCUT2D eigenvalue weighted by Gasteiger charge is -2.31. The van der Waals surface area contributed by atoms with Gasteiger partial charge in [0.25, 0.3) is 5.91 Å². The molecule has 2 aromatic rings. The summed E-state index contributed by atoms with van der Waals surface area (Å²) in [6.07, 6.45) is 0. The van der Waals surface area contributed by atoms with E-state index < -0.39 is 6.04 Å². The Bertz CT molecular complexity index is 969. The Hall–Kier alpha value is -3.06. The summed E-state index contributed by atoms with van der Waals surface area (Å²) in [6.45, 7) is 4.89. The Morgan fingerprint density at radius 1 is 1.07 bits per heavy atom. The van der Waals surface area contributed by atoms with Crippen molar-refractivity contribution in [3.8, 4) is 11.5 Å². The number of hydrogen-bond acceptors (Lipinski definition) is 4. The van der Waals surface area contributed by atoms with Crippen LogP contribution in [0.2, 0.25) is 0 Å². The average molecular weight is 395 g/mol. The number of anilines is 1. The van der Waals surface area contributed by atoms with Gasteiger partial charge in [0, 0.05) is 11.4 Å². The number of rotatable bonds is 3. The Morgan fingerprint density at radius 2 is 1.79 bits per heavy atom. The van der Waals surface area contributed by atoms with E-state index in [2.05, 4.69) is 16.0 Å². The van der Waals surface area contributed by atoms with Gasteiger partial charge in [0.05, 0.1) is 11.6 Å². The van der Waals surface area contributed by atoms with Crippen molar-refractivity contribution in [2.75, 3.05) is 18.5 Å². The summed E-state index contributed by atoms with van der Waals surface area (Å²) >= 11 is 5.32. The molecule has 1 amide bonds. The molecule has 0 saturated carbocycles. The predicted molar refractivity (Wildman–Crippen MR) is 112 cm³/mol. The first-order chi connectivity index (χ1) is 13.5. The summed E-state index contributed by atoms with van der Waals surface area (Å²) in [7, 11) is 0. The number of nitrogens with one attached hydrogen (secondary N) is 3. The van der Waals surface area contributed by atoms with Crippen molar-refractivity contribution in [2.24, 2.45) is 0 Å². The summed E-state index contributed by atoms with van der Waals surface area (Å²) in [6, 6.07) is 13.0. The lowest BCUT2D eigenvalue weighted by molar-refractivity contribution is -0.113. The third-order valence-corrected chi connectivity index (χ3v) is 4.94. The number of thiocarbonyl (C=S) groups is 1. The van der Waals surface area contributed by atoms with E-state index in [9.17, 15) is 4.79 Å². The molecule has 0 aliphatic carbocycles. The fourth-order valence-corrected chi connectivity index (χ4v) is 3.59. The molecule has 4 rings (SSSR count). The molecule has 0 saturated heterocycles. The number of carbonyl (C=O) groups is 1. The molecule has 3 N–H and O–H groups in total. The number of carbonyl (C=O) groups excluding carboxylic acids is 1. The third-order valence-electron chi connectivity index (χ3n) is 4.72. The minimum absolute atomic E-state index is 0.191. The van der Waals surface area contributed by atoms with Gasteiger partial charge in [-0.15, -0.1) is 0 Å². The van der Waals surface area contributed by atoms with Crippen LogP contribution in [0.15, 0.2) is 53.7 Å². The van der Waals surface area contributed by atoms with Crippen LogP contribution in [0.5, 0.6) is 11.5 Å².